The second kappa shape index (κ2) is 10.6. The minimum atomic E-state index is -0.0215. The number of nitrogens with one attached hydrogen (secondary N) is 1. The number of amides is 2. The lowest BCUT2D eigenvalue weighted by atomic mass is 10.1. The molecule has 2 amide bonds. The molecule has 0 aliphatic carbocycles. The van der Waals surface area contributed by atoms with Crippen LogP contribution in [0.25, 0.3) is 6.08 Å². The molecule has 158 valence electrons. The van der Waals surface area contributed by atoms with Gasteiger partial charge in [-0.05, 0) is 30.7 Å². The molecule has 0 atom stereocenters. The van der Waals surface area contributed by atoms with Crippen LogP contribution in [0.2, 0.25) is 0 Å². The third-order valence-electron chi connectivity index (χ3n) is 5.17. The molecule has 2 aromatic rings. The summed E-state index contributed by atoms with van der Waals surface area (Å²) in [5, 5.41) is 2.95. The van der Waals surface area contributed by atoms with Crippen molar-refractivity contribution in [3.8, 4) is 5.75 Å². The molecule has 0 radical (unpaired) electrons. The van der Waals surface area contributed by atoms with E-state index in [-0.39, 0.29) is 11.8 Å². The molecule has 2 aromatic carbocycles. The summed E-state index contributed by atoms with van der Waals surface area (Å²) in [6.07, 6.45) is 3.40. The first-order chi connectivity index (χ1) is 14.5. The number of ether oxygens (including phenoxy) is 1. The summed E-state index contributed by atoms with van der Waals surface area (Å²) < 4.78 is 5.36. The summed E-state index contributed by atoms with van der Waals surface area (Å²) in [4.78, 5) is 28.6. The average Bonchev–Trinajstić information content (AvgIpc) is 2.77. The minimum absolute atomic E-state index is 0.00469. The van der Waals surface area contributed by atoms with Gasteiger partial charge in [-0.2, -0.15) is 0 Å². The van der Waals surface area contributed by atoms with Gasteiger partial charge in [-0.1, -0.05) is 42.0 Å². The van der Waals surface area contributed by atoms with Gasteiger partial charge in [0, 0.05) is 44.4 Å². The number of piperazine rings is 1. The van der Waals surface area contributed by atoms with Gasteiger partial charge in [-0.3, -0.25) is 14.5 Å². The Kier molecular flexibility index (Phi) is 7.63. The Morgan fingerprint density at radius 3 is 2.50 bits per heavy atom. The van der Waals surface area contributed by atoms with Crippen molar-refractivity contribution in [2.24, 2.45) is 0 Å². The third kappa shape index (κ3) is 6.19. The summed E-state index contributed by atoms with van der Waals surface area (Å²) in [5.74, 6) is 0.729. The van der Waals surface area contributed by atoms with Crippen LogP contribution in [0.4, 0.5) is 0 Å². The van der Waals surface area contributed by atoms with E-state index in [2.05, 4.69) is 10.2 Å². The molecule has 3 rings (SSSR count). The van der Waals surface area contributed by atoms with E-state index >= 15 is 0 Å². The van der Waals surface area contributed by atoms with Crippen LogP contribution in [0, 0.1) is 6.92 Å². The topological polar surface area (TPSA) is 61.9 Å². The Labute approximate surface area is 178 Å². The molecule has 0 bridgehead atoms. The zero-order chi connectivity index (χ0) is 21.3. The van der Waals surface area contributed by atoms with Crippen molar-refractivity contribution in [3.05, 3.63) is 71.3 Å². The van der Waals surface area contributed by atoms with Crippen LogP contribution in [0.3, 0.4) is 0 Å². The highest BCUT2D eigenvalue weighted by molar-refractivity contribution is 5.92. The van der Waals surface area contributed by atoms with Crippen LogP contribution in [-0.4, -0.2) is 61.4 Å². The number of benzene rings is 2. The van der Waals surface area contributed by atoms with Crippen LogP contribution in [-0.2, 0) is 16.1 Å². The van der Waals surface area contributed by atoms with Crippen molar-refractivity contribution in [3.63, 3.8) is 0 Å². The van der Waals surface area contributed by atoms with Crippen LogP contribution in [0.5, 0.6) is 5.75 Å². The molecule has 0 unspecified atom stereocenters. The standard InChI is InChI=1S/C24H29N3O3/c1-19-8-10-22(30-2)21(16-19)9-11-24(29)27-14-12-26(13-15-27)18-23(28)25-17-20-6-4-3-5-7-20/h3-11,16H,12-15,17-18H2,1-2H3,(H,25,28)/b11-9+. The van der Waals surface area contributed by atoms with Crippen LogP contribution in [0.15, 0.2) is 54.6 Å². The second-order valence-corrected chi connectivity index (χ2v) is 7.44. The van der Waals surface area contributed by atoms with Crippen LogP contribution >= 0.6 is 0 Å². The van der Waals surface area contributed by atoms with Gasteiger partial charge >= 0.3 is 0 Å². The van der Waals surface area contributed by atoms with Crippen molar-refractivity contribution in [1.82, 2.24) is 15.1 Å². The zero-order valence-corrected chi connectivity index (χ0v) is 17.6. The molecule has 0 saturated carbocycles. The van der Waals surface area contributed by atoms with E-state index in [1.807, 2.05) is 60.4 Å². The Balaban J connectivity index is 1.44. The number of aryl methyl sites for hydroxylation is 1. The van der Waals surface area contributed by atoms with E-state index in [1.54, 1.807) is 19.3 Å². The molecule has 1 fully saturated rings. The monoisotopic (exact) mass is 407 g/mol. The van der Waals surface area contributed by atoms with Gasteiger partial charge in [-0.15, -0.1) is 0 Å². The number of methoxy groups -OCH3 is 1. The van der Waals surface area contributed by atoms with Crippen LogP contribution in [0.1, 0.15) is 16.7 Å². The molecule has 1 aliphatic heterocycles. The Morgan fingerprint density at radius 1 is 1.07 bits per heavy atom. The lowest BCUT2D eigenvalue weighted by Crippen LogP contribution is -2.50. The number of nitrogens with zero attached hydrogens (tertiary/aromatic N) is 2. The fourth-order valence-electron chi connectivity index (χ4n) is 3.43. The first-order valence-corrected chi connectivity index (χ1v) is 10.2. The van der Waals surface area contributed by atoms with Crippen LogP contribution < -0.4 is 10.1 Å². The van der Waals surface area contributed by atoms with E-state index in [9.17, 15) is 9.59 Å². The van der Waals surface area contributed by atoms with E-state index in [0.717, 1.165) is 22.4 Å². The van der Waals surface area contributed by atoms with E-state index in [0.29, 0.717) is 39.3 Å². The van der Waals surface area contributed by atoms with Crippen molar-refractivity contribution >= 4 is 17.9 Å². The maximum absolute atomic E-state index is 12.5. The summed E-state index contributed by atoms with van der Waals surface area (Å²) in [5.41, 5.74) is 3.08. The van der Waals surface area contributed by atoms with Crippen molar-refractivity contribution < 1.29 is 14.3 Å². The van der Waals surface area contributed by atoms with E-state index in [4.69, 9.17) is 4.74 Å². The molecule has 30 heavy (non-hydrogen) atoms. The fraction of sp³-hybridized carbons (Fsp3) is 0.333. The van der Waals surface area contributed by atoms with E-state index in [1.165, 1.54) is 0 Å². The summed E-state index contributed by atoms with van der Waals surface area (Å²) in [6, 6.07) is 15.7. The lowest BCUT2D eigenvalue weighted by molar-refractivity contribution is -0.128. The minimum Gasteiger partial charge on any atom is -0.496 e. The first-order valence-electron chi connectivity index (χ1n) is 10.2. The molecule has 1 N–H and O–H groups in total. The molecule has 1 heterocycles. The van der Waals surface area contributed by atoms with Gasteiger partial charge in [0.25, 0.3) is 0 Å². The Morgan fingerprint density at radius 2 is 1.80 bits per heavy atom. The Hall–Kier alpha value is -3.12. The molecular weight excluding hydrogens is 378 g/mol. The summed E-state index contributed by atoms with van der Waals surface area (Å²) >= 11 is 0. The lowest BCUT2D eigenvalue weighted by Gasteiger charge is -2.33. The van der Waals surface area contributed by atoms with Gasteiger partial charge in [0.15, 0.2) is 0 Å². The quantitative estimate of drug-likeness (QED) is 0.717. The Bertz CT molecular complexity index is 888. The van der Waals surface area contributed by atoms with Gasteiger partial charge < -0.3 is 15.0 Å². The molecular formula is C24H29N3O3. The second-order valence-electron chi connectivity index (χ2n) is 7.44. The summed E-state index contributed by atoms with van der Waals surface area (Å²) in [7, 11) is 1.62. The van der Waals surface area contributed by atoms with Crippen molar-refractivity contribution in [2.45, 2.75) is 13.5 Å². The van der Waals surface area contributed by atoms with E-state index < -0.39 is 0 Å². The van der Waals surface area contributed by atoms with Gasteiger partial charge in [0.1, 0.15) is 5.75 Å². The maximum Gasteiger partial charge on any atom is 0.246 e. The zero-order valence-electron chi connectivity index (χ0n) is 17.6. The van der Waals surface area contributed by atoms with Gasteiger partial charge in [0.05, 0.1) is 13.7 Å². The highest BCUT2D eigenvalue weighted by Crippen LogP contribution is 2.21. The molecule has 6 nitrogen and oxygen atoms in total. The van der Waals surface area contributed by atoms with Gasteiger partial charge in [-0.25, -0.2) is 0 Å². The predicted molar refractivity (Wildman–Crippen MR) is 118 cm³/mol. The number of hydrogen-bond donors (Lipinski definition) is 1. The average molecular weight is 408 g/mol. The largest absolute Gasteiger partial charge is 0.496 e. The SMILES string of the molecule is COc1ccc(C)cc1/C=C/C(=O)N1CCN(CC(=O)NCc2ccccc2)CC1. The molecule has 1 aliphatic rings. The third-order valence-corrected chi connectivity index (χ3v) is 5.17. The first kappa shape index (κ1) is 21.6. The smallest absolute Gasteiger partial charge is 0.246 e. The molecule has 6 heteroatoms. The summed E-state index contributed by atoms with van der Waals surface area (Å²) in [6.45, 7) is 5.49. The predicted octanol–water partition coefficient (Wildman–Crippen LogP) is 2.48. The highest BCUT2D eigenvalue weighted by Gasteiger charge is 2.21. The number of rotatable bonds is 7. The molecule has 1 saturated heterocycles. The number of hydrogen-bond acceptors (Lipinski definition) is 4. The van der Waals surface area contributed by atoms with Crippen molar-refractivity contribution in [2.75, 3.05) is 39.8 Å². The molecule has 0 spiro atoms. The number of carbonyl (C=O) groups is 2. The van der Waals surface area contributed by atoms with Gasteiger partial charge in [0.2, 0.25) is 11.8 Å². The highest BCUT2D eigenvalue weighted by atomic mass is 16.5. The normalized spacial score (nSPS) is 14.7. The maximum atomic E-state index is 12.5. The number of carbonyl (C=O) groups excluding carboxylic acids is 2. The van der Waals surface area contributed by atoms with Crippen molar-refractivity contribution in [1.29, 1.82) is 0 Å². The molecule has 0 aromatic heterocycles. The fourth-order valence-corrected chi connectivity index (χ4v) is 3.43.